The molecule has 0 bridgehead atoms. The Morgan fingerprint density at radius 2 is 1.88 bits per heavy atom. The van der Waals surface area contributed by atoms with Crippen LogP contribution in [0.4, 0.5) is 0 Å². The van der Waals surface area contributed by atoms with E-state index in [1.807, 2.05) is 19.1 Å². The summed E-state index contributed by atoms with van der Waals surface area (Å²) in [5.41, 5.74) is 2.02. The van der Waals surface area contributed by atoms with E-state index in [9.17, 15) is 9.59 Å². The van der Waals surface area contributed by atoms with Crippen LogP contribution in [0, 0.1) is 0 Å². The van der Waals surface area contributed by atoms with Crippen molar-refractivity contribution in [3.05, 3.63) is 52.3 Å². The third-order valence-electron chi connectivity index (χ3n) is 2.50. The van der Waals surface area contributed by atoms with Gasteiger partial charge in [-0.05, 0) is 6.07 Å². The van der Waals surface area contributed by atoms with Crippen molar-refractivity contribution in [3.8, 4) is 11.3 Å². The van der Waals surface area contributed by atoms with Gasteiger partial charge in [-0.3, -0.25) is 9.59 Å². The van der Waals surface area contributed by atoms with Crippen LogP contribution in [0.1, 0.15) is 23.7 Å². The molecular formula is C13H12N2O2. The van der Waals surface area contributed by atoms with E-state index in [0.717, 1.165) is 5.56 Å². The van der Waals surface area contributed by atoms with E-state index in [1.54, 1.807) is 18.2 Å². The smallest absolute Gasteiger partial charge is 0.264 e. The highest BCUT2D eigenvalue weighted by Crippen LogP contribution is 2.16. The fourth-order valence-electron chi connectivity index (χ4n) is 1.54. The average Bonchev–Trinajstić information content (AvgIpc) is 2.39. The monoisotopic (exact) mass is 228 g/mol. The molecule has 1 aromatic carbocycles. The summed E-state index contributed by atoms with van der Waals surface area (Å²) >= 11 is 0. The van der Waals surface area contributed by atoms with E-state index in [0.29, 0.717) is 17.7 Å². The Morgan fingerprint density at radius 1 is 1.18 bits per heavy atom. The average molecular weight is 228 g/mol. The molecular weight excluding hydrogens is 216 g/mol. The Morgan fingerprint density at radius 3 is 2.41 bits per heavy atom. The van der Waals surface area contributed by atoms with Crippen LogP contribution in [0.25, 0.3) is 11.3 Å². The Labute approximate surface area is 98.3 Å². The summed E-state index contributed by atoms with van der Waals surface area (Å²) < 4.78 is 0. The molecule has 1 aromatic heterocycles. The lowest BCUT2D eigenvalue weighted by Crippen LogP contribution is -2.05. The zero-order valence-electron chi connectivity index (χ0n) is 9.43. The largest absolute Gasteiger partial charge is 0.294 e. The fourth-order valence-corrected chi connectivity index (χ4v) is 1.54. The first-order valence-electron chi connectivity index (χ1n) is 5.40. The molecule has 0 aliphatic carbocycles. The van der Waals surface area contributed by atoms with E-state index < -0.39 is 0 Å². The van der Waals surface area contributed by atoms with Crippen LogP contribution in [0.5, 0.6) is 0 Å². The first kappa shape index (κ1) is 11.3. The number of carbonyl (C=O) groups excluding carboxylic acids is 1. The summed E-state index contributed by atoms with van der Waals surface area (Å²) in [5.74, 6) is 0.117. The minimum absolute atomic E-state index is 0.117. The quantitative estimate of drug-likeness (QED) is 0.817. The number of benzene rings is 1. The van der Waals surface area contributed by atoms with Crippen molar-refractivity contribution in [1.82, 2.24) is 10.2 Å². The number of Topliss-reactive ketones (excluding diaryl/α,β-unsaturated/α-hetero) is 1. The van der Waals surface area contributed by atoms with Gasteiger partial charge in [0, 0.05) is 23.6 Å². The van der Waals surface area contributed by atoms with E-state index in [-0.39, 0.29) is 11.3 Å². The number of hydrogen-bond acceptors (Lipinski definition) is 3. The van der Waals surface area contributed by atoms with Crippen molar-refractivity contribution in [1.29, 1.82) is 0 Å². The van der Waals surface area contributed by atoms with Crippen molar-refractivity contribution in [2.24, 2.45) is 0 Å². The van der Waals surface area contributed by atoms with Gasteiger partial charge in [0.25, 0.3) is 5.56 Å². The van der Waals surface area contributed by atoms with Gasteiger partial charge in [-0.1, -0.05) is 31.2 Å². The second kappa shape index (κ2) is 4.74. The standard InChI is InChI=1S/C13H12N2O2/c1-2-12(16)10-5-3-9(4-6-10)11-7-8-13(17)15-14-11/h3-8H,2H2,1H3,(H,15,17). The third kappa shape index (κ3) is 2.47. The van der Waals surface area contributed by atoms with Gasteiger partial charge in [-0.15, -0.1) is 0 Å². The summed E-state index contributed by atoms with van der Waals surface area (Å²) in [6, 6.07) is 10.3. The van der Waals surface area contributed by atoms with E-state index >= 15 is 0 Å². The third-order valence-corrected chi connectivity index (χ3v) is 2.50. The predicted molar refractivity (Wildman–Crippen MR) is 64.9 cm³/mol. The van der Waals surface area contributed by atoms with Gasteiger partial charge in [-0.25, -0.2) is 5.10 Å². The number of hydrogen-bond donors (Lipinski definition) is 1. The van der Waals surface area contributed by atoms with E-state index in [4.69, 9.17) is 0 Å². The van der Waals surface area contributed by atoms with Gasteiger partial charge < -0.3 is 0 Å². The maximum Gasteiger partial charge on any atom is 0.264 e. The molecule has 0 saturated heterocycles. The second-order valence-corrected chi connectivity index (χ2v) is 3.66. The molecule has 4 heteroatoms. The number of carbonyl (C=O) groups is 1. The SMILES string of the molecule is CCC(=O)c1ccc(-c2ccc(=O)[nH]n2)cc1. The first-order valence-corrected chi connectivity index (χ1v) is 5.40. The van der Waals surface area contributed by atoms with Crippen LogP contribution in [0.3, 0.4) is 0 Å². The van der Waals surface area contributed by atoms with Crippen molar-refractivity contribution in [3.63, 3.8) is 0 Å². The zero-order valence-corrected chi connectivity index (χ0v) is 9.43. The van der Waals surface area contributed by atoms with Crippen molar-refractivity contribution < 1.29 is 4.79 Å². The zero-order chi connectivity index (χ0) is 12.3. The molecule has 17 heavy (non-hydrogen) atoms. The molecule has 0 aliphatic heterocycles. The van der Waals surface area contributed by atoms with Gasteiger partial charge in [0.2, 0.25) is 0 Å². The van der Waals surface area contributed by atoms with Gasteiger partial charge in [0.15, 0.2) is 5.78 Å². The van der Waals surface area contributed by atoms with Crippen molar-refractivity contribution >= 4 is 5.78 Å². The molecule has 0 fully saturated rings. The van der Waals surface area contributed by atoms with Gasteiger partial charge in [0.05, 0.1) is 5.69 Å². The van der Waals surface area contributed by atoms with Crippen LogP contribution in [-0.2, 0) is 0 Å². The molecule has 2 rings (SSSR count). The molecule has 0 radical (unpaired) electrons. The minimum Gasteiger partial charge on any atom is -0.294 e. The Balaban J connectivity index is 2.32. The fraction of sp³-hybridized carbons (Fsp3) is 0.154. The molecule has 0 spiro atoms. The number of nitrogens with zero attached hydrogens (tertiary/aromatic N) is 1. The highest BCUT2D eigenvalue weighted by molar-refractivity contribution is 5.96. The summed E-state index contributed by atoms with van der Waals surface area (Å²) in [6.07, 6.45) is 0.496. The molecule has 0 aliphatic rings. The Bertz CT molecular complexity index is 565. The molecule has 1 N–H and O–H groups in total. The van der Waals surface area contributed by atoms with Gasteiger partial charge in [0.1, 0.15) is 0 Å². The lowest BCUT2D eigenvalue weighted by atomic mass is 10.1. The lowest BCUT2D eigenvalue weighted by molar-refractivity contribution is 0.0988. The molecule has 0 amide bonds. The maximum absolute atomic E-state index is 11.4. The molecule has 0 saturated carbocycles. The van der Waals surface area contributed by atoms with Gasteiger partial charge >= 0.3 is 0 Å². The molecule has 1 heterocycles. The summed E-state index contributed by atoms with van der Waals surface area (Å²) in [4.78, 5) is 22.3. The number of rotatable bonds is 3. The molecule has 4 nitrogen and oxygen atoms in total. The minimum atomic E-state index is -0.230. The summed E-state index contributed by atoms with van der Waals surface area (Å²) in [5, 5.41) is 6.30. The van der Waals surface area contributed by atoms with E-state index in [1.165, 1.54) is 6.07 Å². The number of nitrogens with one attached hydrogen (secondary N) is 1. The number of H-pyrrole nitrogens is 1. The highest BCUT2D eigenvalue weighted by Gasteiger charge is 2.04. The number of ketones is 1. The Kier molecular flexibility index (Phi) is 3.14. The lowest BCUT2D eigenvalue weighted by Gasteiger charge is -2.01. The highest BCUT2D eigenvalue weighted by atomic mass is 16.1. The second-order valence-electron chi connectivity index (χ2n) is 3.66. The van der Waals surface area contributed by atoms with Crippen LogP contribution in [-0.4, -0.2) is 16.0 Å². The van der Waals surface area contributed by atoms with Crippen molar-refractivity contribution in [2.75, 3.05) is 0 Å². The number of aromatic nitrogens is 2. The molecule has 0 unspecified atom stereocenters. The maximum atomic E-state index is 11.4. The van der Waals surface area contributed by atoms with Crippen LogP contribution < -0.4 is 5.56 Å². The molecule has 2 aromatic rings. The summed E-state index contributed by atoms with van der Waals surface area (Å²) in [7, 11) is 0. The van der Waals surface area contributed by atoms with E-state index in [2.05, 4.69) is 10.2 Å². The molecule has 86 valence electrons. The van der Waals surface area contributed by atoms with Gasteiger partial charge in [-0.2, -0.15) is 5.10 Å². The van der Waals surface area contributed by atoms with Crippen LogP contribution >= 0.6 is 0 Å². The topological polar surface area (TPSA) is 62.8 Å². The predicted octanol–water partition coefficient (Wildman–Crippen LogP) is 2.03. The molecule has 0 atom stereocenters. The number of aromatic amines is 1. The van der Waals surface area contributed by atoms with Crippen molar-refractivity contribution in [2.45, 2.75) is 13.3 Å². The summed E-state index contributed by atoms with van der Waals surface area (Å²) in [6.45, 7) is 1.83. The van der Waals surface area contributed by atoms with Crippen LogP contribution in [0.2, 0.25) is 0 Å². The van der Waals surface area contributed by atoms with Crippen LogP contribution in [0.15, 0.2) is 41.2 Å². The normalized spacial score (nSPS) is 10.2. The first-order chi connectivity index (χ1) is 8.20. The Hall–Kier alpha value is -2.23.